The molecule has 1 unspecified atom stereocenters. The average molecular weight is 241 g/mol. The molecule has 0 aromatic carbocycles. The third kappa shape index (κ3) is 2.29. The molecule has 1 saturated heterocycles. The smallest absolute Gasteiger partial charge is 0.186 e. The maximum absolute atomic E-state index is 5.55. The molecule has 0 saturated carbocycles. The molecule has 0 spiro atoms. The van der Waals surface area contributed by atoms with Gasteiger partial charge in [-0.1, -0.05) is 12.2 Å². The van der Waals surface area contributed by atoms with E-state index in [9.17, 15) is 0 Å². The highest BCUT2D eigenvalue weighted by Crippen LogP contribution is 2.27. The lowest BCUT2D eigenvalue weighted by Gasteiger charge is -2.33. The second kappa shape index (κ2) is 4.45. The minimum atomic E-state index is 0.391. The van der Waals surface area contributed by atoms with E-state index in [1.165, 1.54) is 19.3 Å². The molecule has 0 amide bonds. The zero-order valence-electron chi connectivity index (χ0n) is 8.77. The van der Waals surface area contributed by atoms with Gasteiger partial charge in [0.25, 0.3) is 0 Å². The van der Waals surface area contributed by atoms with Crippen LogP contribution in [0.4, 0.5) is 5.13 Å². The molecule has 2 rings (SSSR count). The van der Waals surface area contributed by atoms with Gasteiger partial charge in [-0.3, -0.25) is 0 Å². The van der Waals surface area contributed by atoms with Crippen molar-refractivity contribution in [3.63, 3.8) is 0 Å². The van der Waals surface area contributed by atoms with Crippen molar-refractivity contribution in [3.05, 3.63) is 11.1 Å². The van der Waals surface area contributed by atoms with Crippen LogP contribution in [-0.2, 0) is 0 Å². The lowest BCUT2D eigenvalue weighted by molar-refractivity contribution is 0.484. The van der Waals surface area contributed by atoms with Crippen LogP contribution in [0.3, 0.4) is 0 Å². The van der Waals surface area contributed by atoms with Crippen molar-refractivity contribution in [1.82, 2.24) is 4.98 Å². The van der Waals surface area contributed by atoms with Gasteiger partial charge in [-0.25, -0.2) is 4.98 Å². The maximum atomic E-state index is 5.55. The first kappa shape index (κ1) is 10.8. The summed E-state index contributed by atoms with van der Waals surface area (Å²) in [6, 6.07) is 0.587. The minimum absolute atomic E-state index is 0.391. The molecule has 1 aliphatic rings. The van der Waals surface area contributed by atoms with Gasteiger partial charge in [0, 0.05) is 18.0 Å². The first-order valence-electron chi connectivity index (χ1n) is 5.20. The van der Waals surface area contributed by atoms with E-state index in [0.717, 1.165) is 17.4 Å². The van der Waals surface area contributed by atoms with Crippen molar-refractivity contribution in [2.75, 3.05) is 11.4 Å². The lowest BCUT2D eigenvalue weighted by Crippen LogP contribution is -2.37. The van der Waals surface area contributed by atoms with Crippen LogP contribution in [0.15, 0.2) is 5.38 Å². The number of aromatic nitrogens is 1. The van der Waals surface area contributed by atoms with Crippen molar-refractivity contribution in [1.29, 1.82) is 0 Å². The van der Waals surface area contributed by atoms with Gasteiger partial charge in [0.05, 0.1) is 0 Å². The predicted molar refractivity (Wildman–Crippen MR) is 68.7 cm³/mol. The highest BCUT2D eigenvalue weighted by atomic mass is 32.1. The number of hydrogen-bond donors (Lipinski definition) is 1. The summed E-state index contributed by atoms with van der Waals surface area (Å²) in [5.41, 5.74) is 6.30. The van der Waals surface area contributed by atoms with E-state index in [1.54, 1.807) is 11.3 Å². The Kier molecular flexibility index (Phi) is 3.21. The number of anilines is 1. The minimum Gasteiger partial charge on any atom is -0.388 e. The van der Waals surface area contributed by atoms with Crippen LogP contribution in [-0.4, -0.2) is 22.6 Å². The molecule has 1 aromatic rings. The number of thiocarbonyl (C=S) groups is 1. The third-order valence-electron chi connectivity index (χ3n) is 2.79. The molecule has 0 bridgehead atoms. The quantitative estimate of drug-likeness (QED) is 0.806. The van der Waals surface area contributed by atoms with Gasteiger partial charge in [0.15, 0.2) is 5.13 Å². The Morgan fingerprint density at radius 1 is 1.67 bits per heavy atom. The summed E-state index contributed by atoms with van der Waals surface area (Å²) in [7, 11) is 0. The van der Waals surface area contributed by atoms with Gasteiger partial charge in [0.1, 0.15) is 10.7 Å². The van der Waals surface area contributed by atoms with Gasteiger partial charge in [-0.15, -0.1) is 11.3 Å². The summed E-state index contributed by atoms with van der Waals surface area (Å²) < 4.78 is 0. The molecule has 1 fully saturated rings. The fourth-order valence-corrected chi connectivity index (χ4v) is 3.03. The van der Waals surface area contributed by atoms with E-state index in [1.807, 2.05) is 5.38 Å². The molecule has 1 atom stereocenters. The number of piperidine rings is 1. The molecule has 0 aliphatic carbocycles. The summed E-state index contributed by atoms with van der Waals surface area (Å²) in [4.78, 5) is 7.21. The topological polar surface area (TPSA) is 42.2 Å². The van der Waals surface area contributed by atoms with Crippen molar-refractivity contribution in [2.24, 2.45) is 5.73 Å². The van der Waals surface area contributed by atoms with Crippen molar-refractivity contribution < 1.29 is 0 Å². The Morgan fingerprint density at radius 2 is 2.47 bits per heavy atom. The van der Waals surface area contributed by atoms with Gasteiger partial charge < -0.3 is 10.6 Å². The summed E-state index contributed by atoms with van der Waals surface area (Å²) >= 11 is 6.55. The fraction of sp³-hybridized carbons (Fsp3) is 0.600. The summed E-state index contributed by atoms with van der Waals surface area (Å²) in [5, 5.41) is 3.00. The molecule has 3 nitrogen and oxygen atoms in total. The molecule has 0 radical (unpaired) electrons. The van der Waals surface area contributed by atoms with E-state index in [4.69, 9.17) is 18.0 Å². The third-order valence-corrected chi connectivity index (χ3v) is 3.88. The van der Waals surface area contributed by atoms with Crippen LogP contribution in [0.5, 0.6) is 0 Å². The van der Waals surface area contributed by atoms with Crippen LogP contribution >= 0.6 is 23.6 Å². The largest absolute Gasteiger partial charge is 0.388 e. The molecule has 1 aromatic heterocycles. The summed E-state index contributed by atoms with van der Waals surface area (Å²) in [6.45, 7) is 3.35. The van der Waals surface area contributed by atoms with E-state index < -0.39 is 0 Å². The molecular weight excluding hydrogens is 226 g/mol. The number of nitrogens with two attached hydrogens (primary N) is 1. The first-order valence-corrected chi connectivity index (χ1v) is 6.49. The van der Waals surface area contributed by atoms with Crippen LogP contribution in [0, 0.1) is 0 Å². The average Bonchev–Trinajstić information content (AvgIpc) is 2.67. The molecule has 2 heterocycles. The molecule has 2 N–H and O–H groups in total. The Balaban J connectivity index is 2.17. The van der Waals surface area contributed by atoms with Gasteiger partial charge in [-0.05, 0) is 26.2 Å². The number of thiazole rings is 1. The second-order valence-corrected chi connectivity index (χ2v) is 5.19. The molecular formula is C10H15N3S2. The Hall–Kier alpha value is -0.680. The monoisotopic (exact) mass is 241 g/mol. The highest BCUT2D eigenvalue weighted by Gasteiger charge is 2.21. The van der Waals surface area contributed by atoms with E-state index in [2.05, 4.69) is 16.8 Å². The number of hydrogen-bond acceptors (Lipinski definition) is 4. The van der Waals surface area contributed by atoms with Crippen molar-refractivity contribution >= 4 is 33.7 Å². The Labute approximate surface area is 99.3 Å². The SMILES string of the molecule is CC1CCCCN1c1nc(C(N)=S)cs1. The first-order chi connectivity index (χ1) is 7.18. The molecule has 1 aliphatic heterocycles. The van der Waals surface area contributed by atoms with E-state index in [0.29, 0.717) is 11.0 Å². The van der Waals surface area contributed by atoms with Crippen LogP contribution in [0.25, 0.3) is 0 Å². The molecule has 82 valence electrons. The Morgan fingerprint density at radius 3 is 3.07 bits per heavy atom. The number of nitrogens with zero attached hydrogens (tertiary/aromatic N) is 2. The normalized spacial score (nSPS) is 21.7. The lowest BCUT2D eigenvalue weighted by atomic mass is 10.1. The van der Waals surface area contributed by atoms with Gasteiger partial charge in [-0.2, -0.15) is 0 Å². The van der Waals surface area contributed by atoms with Crippen LogP contribution in [0.2, 0.25) is 0 Å². The fourth-order valence-electron chi connectivity index (χ4n) is 1.89. The van der Waals surface area contributed by atoms with Crippen molar-refractivity contribution in [2.45, 2.75) is 32.2 Å². The molecule has 5 heteroatoms. The summed E-state index contributed by atoms with van der Waals surface area (Å²) in [5.74, 6) is 0. The second-order valence-electron chi connectivity index (χ2n) is 3.92. The van der Waals surface area contributed by atoms with Gasteiger partial charge in [0.2, 0.25) is 0 Å². The number of rotatable bonds is 2. The van der Waals surface area contributed by atoms with Crippen molar-refractivity contribution in [3.8, 4) is 0 Å². The summed E-state index contributed by atoms with van der Waals surface area (Å²) in [6.07, 6.45) is 3.83. The van der Waals surface area contributed by atoms with Crippen LogP contribution < -0.4 is 10.6 Å². The maximum Gasteiger partial charge on any atom is 0.186 e. The van der Waals surface area contributed by atoms with Crippen LogP contribution in [0.1, 0.15) is 31.9 Å². The van der Waals surface area contributed by atoms with E-state index in [-0.39, 0.29) is 0 Å². The molecule has 15 heavy (non-hydrogen) atoms. The highest BCUT2D eigenvalue weighted by molar-refractivity contribution is 7.80. The Bertz CT molecular complexity index is 361. The van der Waals surface area contributed by atoms with E-state index >= 15 is 0 Å². The van der Waals surface area contributed by atoms with Gasteiger partial charge >= 0.3 is 0 Å². The standard InChI is InChI=1S/C10H15N3S2/c1-7-4-2-3-5-13(7)10-12-8(6-15-10)9(11)14/h6-7H,2-5H2,1H3,(H2,11,14). The zero-order chi connectivity index (χ0) is 10.8. The zero-order valence-corrected chi connectivity index (χ0v) is 10.4. The predicted octanol–water partition coefficient (Wildman–Crippen LogP) is 2.16.